The van der Waals surface area contributed by atoms with E-state index in [2.05, 4.69) is 20.6 Å². The molecule has 0 aliphatic rings. The molecule has 2 heterocycles. The lowest BCUT2D eigenvalue weighted by Crippen LogP contribution is -2.12. The van der Waals surface area contributed by atoms with Crippen LogP contribution in [-0.2, 0) is 0 Å². The van der Waals surface area contributed by atoms with Crippen LogP contribution < -0.4 is 10.6 Å². The minimum atomic E-state index is -0.215. The average molecular weight is 380 g/mol. The van der Waals surface area contributed by atoms with E-state index in [0.29, 0.717) is 21.4 Å². The normalized spacial score (nSPS) is 10.6. The van der Waals surface area contributed by atoms with Gasteiger partial charge >= 0.3 is 0 Å². The molecule has 2 aromatic heterocycles. The lowest BCUT2D eigenvalue weighted by atomic mass is 10.0. The van der Waals surface area contributed by atoms with Crippen LogP contribution in [0.1, 0.15) is 20.7 Å². The summed E-state index contributed by atoms with van der Waals surface area (Å²) in [5.41, 5.74) is 1.07. The summed E-state index contributed by atoms with van der Waals surface area (Å²) in [7, 11) is 0. The Balaban J connectivity index is 1.56. The quantitative estimate of drug-likeness (QED) is 0.554. The molecular weight excluding hydrogens is 368 g/mol. The fourth-order valence-electron chi connectivity index (χ4n) is 2.44. The molecule has 6 nitrogen and oxygen atoms in total. The lowest BCUT2D eigenvalue weighted by Gasteiger charge is -2.06. The number of thiazole rings is 2. The van der Waals surface area contributed by atoms with Crippen molar-refractivity contribution in [3.05, 3.63) is 70.7 Å². The molecule has 0 saturated carbocycles. The maximum absolute atomic E-state index is 12.3. The summed E-state index contributed by atoms with van der Waals surface area (Å²) in [5, 5.41) is 12.0. The van der Waals surface area contributed by atoms with Gasteiger partial charge < -0.3 is 0 Å². The SMILES string of the molecule is O=C(Nc1nccs1)c1ccc2cc(C(=O)Nc3nccs3)ccc2c1. The molecule has 2 aromatic carbocycles. The van der Waals surface area contributed by atoms with Crippen molar-refractivity contribution in [2.45, 2.75) is 0 Å². The van der Waals surface area contributed by atoms with E-state index in [-0.39, 0.29) is 11.8 Å². The van der Waals surface area contributed by atoms with Crippen LogP contribution in [0.15, 0.2) is 59.6 Å². The molecule has 26 heavy (non-hydrogen) atoms. The Labute approximate surface area is 156 Å². The van der Waals surface area contributed by atoms with Crippen molar-refractivity contribution >= 4 is 55.5 Å². The maximum atomic E-state index is 12.3. The fraction of sp³-hybridized carbons (Fsp3) is 0. The van der Waals surface area contributed by atoms with E-state index in [1.165, 1.54) is 22.7 Å². The number of carbonyl (C=O) groups excluding carboxylic acids is 2. The lowest BCUT2D eigenvalue weighted by molar-refractivity contribution is 0.101. The van der Waals surface area contributed by atoms with Gasteiger partial charge in [-0.3, -0.25) is 20.2 Å². The van der Waals surface area contributed by atoms with Gasteiger partial charge in [-0.25, -0.2) is 9.97 Å². The van der Waals surface area contributed by atoms with E-state index in [0.717, 1.165) is 10.8 Å². The number of amides is 2. The molecule has 2 amide bonds. The topological polar surface area (TPSA) is 84.0 Å². The predicted octanol–water partition coefficient (Wildman–Crippen LogP) is 4.26. The van der Waals surface area contributed by atoms with Crippen LogP contribution in [0.25, 0.3) is 10.8 Å². The first-order valence-corrected chi connectivity index (χ1v) is 9.40. The van der Waals surface area contributed by atoms with Crippen LogP contribution in [0.2, 0.25) is 0 Å². The molecule has 128 valence electrons. The third-order valence-corrected chi connectivity index (χ3v) is 5.05. The highest BCUT2D eigenvalue weighted by Gasteiger charge is 2.11. The minimum Gasteiger partial charge on any atom is -0.298 e. The van der Waals surface area contributed by atoms with E-state index < -0.39 is 0 Å². The molecule has 2 N–H and O–H groups in total. The van der Waals surface area contributed by atoms with Crippen molar-refractivity contribution in [3.63, 3.8) is 0 Å². The molecule has 0 aliphatic carbocycles. The fourth-order valence-corrected chi connectivity index (χ4v) is 3.49. The summed E-state index contributed by atoms with van der Waals surface area (Å²) in [5.74, 6) is -0.431. The van der Waals surface area contributed by atoms with Gasteiger partial charge in [-0.15, -0.1) is 22.7 Å². The number of aromatic nitrogens is 2. The molecule has 0 radical (unpaired) electrons. The number of rotatable bonds is 4. The van der Waals surface area contributed by atoms with Crippen molar-refractivity contribution in [1.29, 1.82) is 0 Å². The van der Waals surface area contributed by atoms with E-state index in [9.17, 15) is 9.59 Å². The molecule has 0 saturated heterocycles. The summed E-state index contributed by atoms with van der Waals surface area (Å²) >= 11 is 2.73. The third-order valence-electron chi connectivity index (χ3n) is 3.67. The summed E-state index contributed by atoms with van der Waals surface area (Å²) in [4.78, 5) is 32.7. The molecule has 0 spiro atoms. The van der Waals surface area contributed by atoms with Crippen molar-refractivity contribution in [2.24, 2.45) is 0 Å². The number of carbonyl (C=O) groups is 2. The van der Waals surface area contributed by atoms with Gasteiger partial charge in [-0.2, -0.15) is 0 Å². The third kappa shape index (κ3) is 3.46. The van der Waals surface area contributed by atoms with E-state index in [1.807, 2.05) is 12.1 Å². The smallest absolute Gasteiger partial charge is 0.257 e. The van der Waals surface area contributed by atoms with Crippen molar-refractivity contribution in [3.8, 4) is 0 Å². The van der Waals surface area contributed by atoms with Gasteiger partial charge in [0.1, 0.15) is 0 Å². The Bertz CT molecular complexity index is 988. The Morgan fingerprint density at radius 1 is 0.731 bits per heavy atom. The van der Waals surface area contributed by atoms with Crippen LogP contribution in [0, 0.1) is 0 Å². The number of benzene rings is 2. The molecular formula is C18H12N4O2S2. The van der Waals surface area contributed by atoms with Gasteiger partial charge in [-0.1, -0.05) is 12.1 Å². The molecule has 0 unspecified atom stereocenters. The van der Waals surface area contributed by atoms with E-state index >= 15 is 0 Å². The summed E-state index contributed by atoms with van der Waals surface area (Å²) in [6.45, 7) is 0. The zero-order chi connectivity index (χ0) is 17.9. The molecule has 4 rings (SSSR count). The molecule has 4 aromatic rings. The largest absolute Gasteiger partial charge is 0.298 e. The number of nitrogens with one attached hydrogen (secondary N) is 2. The number of anilines is 2. The van der Waals surface area contributed by atoms with Crippen LogP contribution >= 0.6 is 22.7 Å². The zero-order valence-corrected chi connectivity index (χ0v) is 14.9. The number of fused-ring (bicyclic) bond motifs is 1. The van der Waals surface area contributed by atoms with Gasteiger partial charge in [0.2, 0.25) is 0 Å². The molecule has 8 heteroatoms. The highest BCUT2D eigenvalue weighted by atomic mass is 32.1. The second-order valence-electron chi connectivity index (χ2n) is 5.36. The van der Waals surface area contributed by atoms with Gasteiger partial charge in [-0.05, 0) is 35.0 Å². The highest BCUT2D eigenvalue weighted by molar-refractivity contribution is 7.14. The summed E-state index contributed by atoms with van der Waals surface area (Å²) < 4.78 is 0. The molecule has 0 aliphatic heterocycles. The van der Waals surface area contributed by atoms with E-state index in [1.54, 1.807) is 47.4 Å². The number of hydrogen-bond donors (Lipinski definition) is 2. The van der Waals surface area contributed by atoms with Crippen LogP contribution in [0.3, 0.4) is 0 Å². The highest BCUT2D eigenvalue weighted by Crippen LogP contribution is 2.21. The van der Waals surface area contributed by atoms with Crippen LogP contribution in [0.5, 0.6) is 0 Å². The first-order chi connectivity index (χ1) is 12.7. The van der Waals surface area contributed by atoms with Crippen molar-refractivity contribution in [1.82, 2.24) is 9.97 Å². The maximum Gasteiger partial charge on any atom is 0.257 e. The Morgan fingerprint density at radius 3 is 1.58 bits per heavy atom. The second-order valence-corrected chi connectivity index (χ2v) is 7.15. The Hall–Kier alpha value is -3.10. The van der Waals surface area contributed by atoms with Crippen molar-refractivity contribution < 1.29 is 9.59 Å². The predicted molar refractivity (Wildman–Crippen MR) is 104 cm³/mol. The number of nitrogens with zero attached hydrogens (tertiary/aromatic N) is 2. The zero-order valence-electron chi connectivity index (χ0n) is 13.3. The minimum absolute atomic E-state index is 0.215. The van der Waals surface area contributed by atoms with Crippen LogP contribution in [-0.4, -0.2) is 21.8 Å². The van der Waals surface area contributed by atoms with Gasteiger partial charge in [0, 0.05) is 34.3 Å². The Kier molecular flexibility index (Phi) is 4.42. The summed E-state index contributed by atoms with van der Waals surface area (Å²) in [6, 6.07) is 10.7. The van der Waals surface area contributed by atoms with E-state index in [4.69, 9.17) is 0 Å². The molecule has 0 fully saturated rings. The average Bonchev–Trinajstić information content (AvgIpc) is 3.35. The first kappa shape index (κ1) is 16.4. The van der Waals surface area contributed by atoms with Gasteiger partial charge in [0.25, 0.3) is 11.8 Å². The Morgan fingerprint density at radius 2 is 1.19 bits per heavy atom. The number of hydrogen-bond acceptors (Lipinski definition) is 6. The molecule has 0 atom stereocenters. The standard InChI is InChI=1S/C18H12N4O2S2/c23-15(21-17-19-5-7-25-17)13-3-1-11-9-14(4-2-12(11)10-13)16(24)22-18-20-6-8-26-18/h1-10H,(H,19,21,23)(H,20,22,24). The van der Waals surface area contributed by atoms with Gasteiger partial charge in [0.15, 0.2) is 10.3 Å². The molecule has 0 bridgehead atoms. The van der Waals surface area contributed by atoms with Gasteiger partial charge in [0.05, 0.1) is 0 Å². The van der Waals surface area contributed by atoms with Crippen LogP contribution in [0.4, 0.5) is 10.3 Å². The van der Waals surface area contributed by atoms with Crippen molar-refractivity contribution in [2.75, 3.05) is 10.6 Å². The summed E-state index contributed by atoms with van der Waals surface area (Å²) in [6.07, 6.45) is 3.28. The first-order valence-electron chi connectivity index (χ1n) is 7.64. The monoisotopic (exact) mass is 380 g/mol. The second kappa shape index (κ2) is 7.03.